The third-order valence-corrected chi connectivity index (χ3v) is 3.28. The summed E-state index contributed by atoms with van der Waals surface area (Å²) >= 11 is 0. The molecule has 2 aromatic carbocycles. The molecule has 2 aromatic rings. The molecule has 0 saturated heterocycles. The number of aryl methyl sites for hydroxylation is 1. The van der Waals surface area contributed by atoms with Crippen LogP contribution in [0.3, 0.4) is 0 Å². The van der Waals surface area contributed by atoms with Gasteiger partial charge >= 0.3 is 0 Å². The molecular weight excluding hydrogens is 237 g/mol. The molecule has 1 N–H and O–H groups in total. The summed E-state index contributed by atoms with van der Waals surface area (Å²) in [5.41, 5.74) is 3.46. The molecule has 0 fully saturated rings. The zero-order valence-corrected chi connectivity index (χ0v) is 11.5. The van der Waals surface area contributed by atoms with Crippen LogP contribution in [0.2, 0.25) is 0 Å². The summed E-state index contributed by atoms with van der Waals surface area (Å²) in [4.78, 5) is 0. The first-order chi connectivity index (χ1) is 9.24. The van der Waals surface area contributed by atoms with Crippen molar-refractivity contribution in [2.45, 2.75) is 26.3 Å². The van der Waals surface area contributed by atoms with Crippen molar-refractivity contribution in [3.05, 3.63) is 71.0 Å². The van der Waals surface area contributed by atoms with Crippen LogP contribution in [0.1, 0.15) is 36.6 Å². The van der Waals surface area contributed by atoms with Crippen LogP contribution >= 0.6 is 0 Å². The molecule has 1 unspecified atom stereocenters. The summed E-state index contributed by atoms with van der Waals surface area (Å²) in [5, 5.41) is 3.43. The average molecular weight is 257 g/mol. The SMILES string of the molecule is CCNC(c1cccc(F)c1)c1cccc(CC)c1. The van der Waals surface area contributed by atoms with Gasteiger partial charge in [0, 0.05) is 0 Å². The van der Waals surface area contributed by atoms with Gasteiger partial charge in [0.1, 0.15) is 5.82 Å². The minimum Gasteiger partial charge on any atom is -0.307 e. The number of hydrogen-bond donors (Lipinski definition) is 1. The van der Waals surface area contributed by atoms with Crippen molar-refractivity contribution in [1.29, 1.82) is 0 Å². The van der Waals surface area contributed by atoms with E-state index in [4.69, 9.17) is 0 Å². The Balaban J connectivity index is 2.38. The lowest BCUT2D eigenvalue weighted by atomic mass is 9.96. The van der Waals surface area contributed by atoms with Gasteiger partial charge in [-0.2, -0.15) is 0 Å². The predicted octanol–water partition coefficient (Wildman–Crippen LogP) is 4.09. The number of benzene rings is 2. The van der Waals surface area contributed by atoms with Crippen LogP contribution in [-0.2, 0) is 6.42 Å². The van der Waals surface area contributed by atoms with Gasteiger partial charge in [0.05, 0.1) is 6.04 Å². The lowest BCUT2D eigenvalue weighted by Crippen LogP contribution is -2.22. The molecule has 0 heterocycles. The number of nitrogens with one attached hydrogen (secondary N) is 1. The van der Waals surface area contributed by atoms with Gasteiger partial charge in [-0.3, -0.25) is 0 Å². The molecule has 1 nitrogen and oxygen atoms in total. The molecule has 100 valence electrons. The van der Waals surface area contributed by atoms with Crippen molar-refractivity contribution < 1.29 is 4.39 Å². The fraction of sp³-hybridized carbons (Fsp3) is 0.294. The second kappa shape index (κ2) is 6.48. The molecule has 0 aliphatic carbocycles. The molecule has 2 heteroatoms. The molecule has 0 aliphatic rings. The summed E-state index contributed by atoms with van der Waals surface area (Å²) in [6, 6.07) is 15.3. The van der Waals surface area contributed by atoms with Crippen molar-refractivity contribution >= 4 is 0 Å². The van der Waals surface area contributed by atoms with Gasteiger partial charge in [0.15, 0.2) is 0 Å². The maximum absolute atomic E-state index is 13.4. The standard InChI is InChI=1S/C17H20FN/c1-3-13-7-5-8-14(11-13)17(19-4-2)15-9-6-10-16(18)12-15/h5-12,17,19H,3-4H2,1-2H3. The number of halogens is 1. The summed E-state index contributed by atoms with van der Waals surface area (Å²) in [6.07, 6.45) is 1.01. The Morgan fingerprint density at radius 3 is 2.32 bits per heavy atom. The zero-order chi connectivity index (χ0) is 13.7. The fourth-order valence-corrected chi connectivity index (χ4v) is 2.31. The van der Waals surface area contributed by atoms with Crippen LogP contribution in [0.15, 0.2) is 48.5 Å². The summed E-state index contributed by atoms with van der Waals surface area (Å²) < 4.78 is 13.4. The Bertz CT molecular complexity index is 536. The highest BCUT2D eigenvalue weighted by atomic mass is 19.1. The van der Waals surface area contributed by atoms with Crippen LogP contribution in [-0.4, -0.2) is 6.54 Å². The van der Waals surface area contributed by atoms with E-state index in [9.17, 15) is 4.39 Å². The topological polar surface area (TPSA) is 12.0 Å². The fourth-order valence-electron chi connectivity index (χ4n) is 2.31. The molecular formula is C17H20FN. The molecule has 0 amide bonds. The van der Waals surface area contributed by atoms with Crippen LogP contribution in [0, 0.1) is 5.82 Å². The molecule has 0 radical (unpaired) electrons. The van der Waals surface area contributed by atoms with Crippen molar-refractivity contribution in [3.8, 4) is 0 Å². The quantitative estimate of drug-likeness (QED) is 0.850. The van der Waals surface area contributed by atoms with Gasteiger partial charge in [-0.15, -0.1) is 0 Å². The molecule has 2 rings (SSSR count). The monoisotopic (exact) mass is 257 g/mol. The summed E-state index contributed by atoms with van der Waals surface area (Å²) in [6.45, 7) is 5.05. The second-order valence-corrected chi connectivity index (χ2v) is 4.64. The van der Waals surface area contributed by atoms with E-state index in [1.54, 1.807) is 12.1 Å². The Kier molecular flexibility index (Phi) is 4.69. The second-order valence-electron chi connectivity index (χ2n) is 4.64. The van der Waals surface area contributed by atoms with Crippen LogP contribution in [0.25, 0.3) is 0 Å². The molecule has 0 spiro atoms. The van der Waals surface area contributed by atoms with Crippen LogP contribution in [0.4, 0.5) is 4.39 Å². The highest BCUT2D eigenvalue weighted by Gasteiger charge is 2.13. The van der Waals surface area contributed by atoms with Gasteiger partial charge in [0.2, 0.25) is 0 Å². The first-order valence-electron chi connectivity index (χ1n) is 6.82. The van der Waals surface area contributed by atoms with Crippen molar-refractivity contribution in [3.63, 3.8) is 0 Å². The maximum atomic E-state index is 13.4. The molecule has 1 atom stereocenters. The van der Waals surface area contributed by atoms with Gasteiger partial charge in [-0.1, -0.05) is 50.2 Å². The van der Waals surface area contributed by atoms with Gasteiger partial charge in [-0.25, -0.2) is 4.39 Å². The van der Waals surface area contributed by atoms with E-state index in [2.05, 4.69) is 43.4 Å². The molecule has 0 saturated carbocycles. The lowest BCUT2D eigenvalue weighted by Gasteiger charge is -2.19. The Hall–Kier alpha value is -1.67. The summed E-state index contributed by atoms with van der Waals surface area (Å²) in [5.74, 6) is -0.188. The highest BCUT2D eigenvalue weighted by molar-refractivity contribution is 5.34. The van der Waals surface area contributed by atoms with Gasteiger partial charge in [-0.05, 0) is 41.8 Å². The summed E-state index contributed by atoms with van der Waals surface area (Å²) in [7, 11) is 0. The predicted molar refractivity (Wildman–Crippen MR) is 77.7 cm³/mol. The van der Waals surface area contributed by atoms with E-state index in [1.807, 2.05) is 6.07 Å². The van der Waals surface area contributed by atoms with Crippen LogP contribution in [0.5, 0.6) is 0 Å². The van der Waals surface area contributed by atoms with E-state index < -0.39 is 0 Å². The minimum absolute atomic E-state index is 0.0483. The average Bonchev–Trinajstić information content (AvgIpc) is 2.45. The Labute approximate surface area is 114 Å². The minimum atomic E-state index is -0.188. The van der Waals surface area contributed by atoms with E-state index >= 15 is 0 Å². The number of rotatable bonds is 5. The largest absolute Gasteiger partial charge is 0.307 e. The first-order valence-corrected chi connectivity index (χ1v) is 6.82. The third-order valence-electron chi connectivity index (χ3n) is 3.28. The van der Waals surface area contributed by atoms with E-state index in [1.165, 1.54) is 17.2 Å². The maximum Gasteiger partial charge on any atom is 0.123 e. The molecule has 0 aliphatic heterocycles. The van der Waals surface area contributed by atoms with Crippen molar-refractivity contribution in [2.24, 2.45) is 0 Å². The van der Waals surface area contributed by atoms with Gasteiger partial charge < -0.3 is 5.32 Å². The van der Waals surface area contributed by atoms with E-state index in [-0.39, 0.29) is 11.9 Å². The van der Waals surface area contributed by atoms with Crippen LogP contribution < -0.4 is 5.32 Å². The highest BCUT2D eigenvalue weighted by Crippen LogP contribution is 2.23. The normalized spacial score (nSPS) is 12.4. The third kappa shape index (κ3) is 3.42. The van der Waals surface area contributed by atoms with Crippen molar-refractivity contribution in [1.82, 2.24) is 5.32 Å². The van der Waals surface area contributed by atoms with E-state index in [0.717, 1.165) is 18.5 Å². The molecule has 19 heavy (non-hydrogen) atoms. The number of hydrogen-bond acceptors (Lipinski definition) is 1. The first kappa shape index (κ1) is 13.8. The van der Waals surface area contributed by atoms with E-state index in [0.29, 0.717) is 0 Å². The van der Waals surface area contributed by atoms with Crippen molar-refractivity contribution in [2.75, 3.05) is 6.54 Å². The Morgan fingerprint density at radius 1 is 1.00 bits per heavy atom. The lowest BCUT2D eigenvalue weighted by molar-refractivity contribution is 0.603. The zero-order valence-electron chi connectivity index (χ0n) is 11.5. The molecule has 0 bridgehead atoms. The Morgan fingerprint density at radius 2 is 1.68 bits per heavy atom. The molecule has 0 aromatic heterocycles. The smallest absolute Gasteiger partial charge is 0.123 e. The van der Waals surface area contributed by atoms with Gasteiger partial charge in [0.25, 0.3) is 0 Å².